The van der Waals surface area contributed by atoms with Gasteiger partial charge in [0, 0.05) is 5.92 Å². The minimum atomic E-state index is -2.04. The van der Waals surface area contributed by atoms with Crippen molar-refractivity contribution in [2.24, 2.45) is 46.8 Å². The summed E-state index contributed by atoms with van der Waals surface area (Å²) in [6, 6.07) is 0. The monoisotopic (exact) mass is 585 g/mol. The minimum absolute atomic E-state index is 0.0833. The van der Waals surface area contributed by atoms with E-state index in [-0.39, 0.29) is 12.6 Å². The van der Waals surface area contributed by atoms with Crippen LogP contribution in [0.4, 0.5) is 13.2 Å². The van der Waals surface area contributed by atoms with E-state index in [2.05, 4.69) is 34.6 Å². The van der Waals surface area contributed by atoms with E-state index in [0.29, 0.717) is 5.92 Å². The molecule has 0 nitrogen and oxygen atoms in total. The number of rotatable bonds is 4. The normalized spacial score (nSPS) is 26.3. The Morgan fingerprint density at radius 1 is 0.561 bits per heavy atom. The fourth-order valence-electron chi connectivity index (χ4n) is 4.19. The highest BCUT2D eigenvalue weighted by atomic mass is 19.3. The van der Waals surface area contributed by atoms with Crippen LogP contribution in [0, 0.1) is 46.8 Å². The largest absolute Gasteiger partial charge is 0.251 e. The van der Waals surface area contributed by atoms with Crippen molar-refractivity contribution in [3.63, 3.8) is 0 Å². The number of halogens is 3. The van der Waals surface area contributed by atoms with Crippen molar-refractivity contribution in [3.05, 3.63) is 0 Å². The molecule has 0 aromatic rings. The number of alkyl halides is 3. The lowest BCUT2D eigenvalue weighted by Gasteiger charge is -2.33. The Balaban J connectivity index is 0.000000165. The Morgan fingerprint density at radius 3 is 0.976 bits per heavy atom. The number of hydrogen-bond acceptors (Lipinski definition) is 0. The van der Waals surface area contributed by atoms with Crippen molar-refractivity contribution >= 4 is 0 Å². The molecule has 0 amide bonds. The SMILES string of the molecule is C1CC1C1CC1.C1CCC1.CC1(C)CCC1.CC1CC1.CC1CCC1.CCC1CC1.FC(F)C1CC1.FCC1CC1. The molecule has 3 heteroatoms. The molecule has 41 heavy (non-hydrogen) atoms. The fourth-order valence-corrected chi connectivity index (χ4v) is 4.19. The van der Waals surface area contributed by atoms with E-state index < -0.39 is 6.43 Å². The van der Waals surface area contributed by atoms with Crippen molar-refractivity contribution in [2.75, 3.05) is 6.67 Å². The van der Waals surface area contributed by atoms with Gasteiger partial charge in [-0.1, -0.05) is 118 Å². The second kappa shape index (κ2) is 20.7. The Kier molecular flexibility index (Phi) is 18.7. The quantitative estimate of drug-likeness (QED) is 0.308. The summed E-state index contributed by atoms with van der Waals surface area (Å²) in [4.78, 5) is 0. The van der Waals surface area contributed by atoms with Gasteiger partial charge in [0.05, 0.1) is 6.67 Å². The van der Waals surface area contributed by atoms with E-state index in [0.717, 1.165) is 48.9 Å². The maximum absolute atomic E-state index is 11.2. The van der Waals surface area contributed by atoms with Crippen molar-refractivity contribution in [1.82, 2.24) is 0 Å². The molecular weight excluding hydrogens is 513 g/mol. The summed E-state index contributed by atoms with van der Waals surface area (Å²) in [5, 5.41) is 0. The van der Waals surface area contributed by atoms with Gasteiger partial charge in [0.1, 0.15) is 0 Å². The Bertz CT molecular complexity index is 553. The molecule has 0 aromatic carbocycles. The third kappa shape index (κ3) is 24.9. The molecule has 9 aliphatic rings. The maximum Gasteiger partial charge on any atom is 0.241 e. The second-order valence-corrected chi connectivity index (χ2v) is 15.9. The molecule has 0 unspecified atom stereocenters. The molecule has 0 radical (unpaired) electrons. The summed E-state index contributed by atoms with van der Waals surface area (Å²) in [6.45, 7) is 11.4. The molecule has 0 heterocycles. The molecule has 0 atom stereocenters. The van der Waals surface area contributed by atoms with Gasteiger partial charge < -0.3 is 0 Å². The van der Waals surface area contributed by atoms with Crippen LogP contribution in [0.25, 0.3) is 0 Å². The van der Waals surface area contributed by atoms with Crippen molar-refractivity contribution < 1.29 is 13.2 Å². The highest BCUT2D eigenvalue weighted by Crippen LogP contribution is 2.49. The van der Waals surface area contributed by atoms with Crippen LogP contribution >= 0.6 is 0 Å². The zero-order valence-corrected chi connectivity index (χ0v) is 28.2. The van der Waals surface area contributed by atoms with Gasteiger partial charge in [-0.25, -0.2) is 8.78 Å². The first kappa shape index (κ1) is 37.0. The average molecular weight is 585 g/mol. The summed E-state index contributed by atoms with van der Waals surface area (Å²) in [5.41, 5.74) is 0.722. The highest BCUT2D eigenvalue weighted by Gasteiger charge is 2.37. The van der Waals surface area contributed by atoms with Crippen molar-refractivity contribution in [1.29, 1.82) is 0 Å². The Hall–Kier alpha value is -0.210. The molecular formula is C38H71F3. The first-order chi connectivity index (χ1) is 19.6. The topological polar surface area (TPSA) is 0 Å². The fraction of sp³-hybridized carbons (Fsp3) is 1.00. The minimum Gasteiger partial charge on any atom is -0.251 e. The first-order valence-electron chi connectivity index (χ1n) is 18.5. The molecule has 0 aromatic heterocycles. The molecule has 0 N–H and O–H groups in total. The standard InChI is InChI=1S/C6H10.C6H12.2C5H10.C4H6F2.C4H7F.2C4H8/c1-2-5(1)6-3-4-6;1-6(2)4-3-5-6;1-5-3-2-4-5;1-2-5-3-4-5;5-4(6)3-1-2-3;5-3-4-1-2-4;1-4-2-3-4;1-2-4-3-1/h5-6H,1-4H2;3-5H2,1-2H3;2*5H,2-4H2,1H3;3-4H,1-2H2;4H,1-3H2;4H,2-3H2,1H3;1-4H2. The summed E-state index contributed by atoms with van der Waals surface area (Å²) in [5.74, 6) is 5.94. The molecule has 244 valence electrons. The number of hydrogen-bond donors (Lipinski definition) is 0. The van der Waals surface area contributed by atoms with Crippen LogP contribution in [-0.2, 0) is 0 Å². The van der Waals surface area contributed by atoms with Gasteiger partial charge in [-0.3, -0.25) is 4.39 Å². The third-order valence-corrected chi connectivity index (χ3v) is 10.0. The second-order valence-electron chi connectivity index (χ2n) is 15.9. The molecule has 0 saturated heterocycles. The molecule has 9 aliphatic carbocycles. The lowest BCUT2D eigenvalue weighted by atomic mass is 9.72. The van der Waals surface area contributed by atoms with E-state index in [1.165, 1.54) is 108 Å². The Morgan fingerprint density at radius 2 is 0.951 bits per heavy atom. The maximum atomic E-state index is 11.2. The van der Waals surface area contributed by atoms with E-state index in [1.807, 2.05) is 0 Å². The zero-order chi connectivity index (χ0) is 30.1. The zero-order valence-electron chi connectivity index (χ0n) is 28.2. The molecule has 0 aliphatic heterocycles. The van der Waals surface area contributed by atoms with E-state index in [1.54, 1.807) is 25.7 Å². The average Bonchev–Trinajstić information content (AvgIpc) is 3.67. The van der Waals surface area contributed by atoms with Gasteiger partial charge in [-0.2, -0.15) is 0 Å². The molecule has 0 bridgehead atoms. The van der Waals surface area contributed by atoms with E-state index in [9.17, 15) is 13.2 Å². The molecule has 9 fully saturated rings. The van der Waals surface area contributed by atoms with Crippen LogP contribution in [0.2, 0.25) is 0 Å². The predicted octanol–water partition coefficient (Wildman–Crippen LogP) is 13.6. The van der Waals surface area contributed by atoms with Crippen LogP contribution in [0.3, 0.4) is 0 Å². The summed E-state index contributed by atoms with van der Waals surface area (Å²) < 4.78 is 33.6. The van der Waals surface area contributed by atoms with E-state index in [4.69, 9.17) is 0 Å². The lowest BCUT2D eigenvalue weighted by Crippen LogP contribution is -2.20. The summed E-state index contributed by atoms with van der Waals surface area (Å²) >= 11 is 0. The van der Waals surface area contributed by atoms with Gasteiger partial charge in [0.15, 0.2) is 0 Å². The van der Waals surface area contributed by atoms with Crippen LogP contribution in [0.15, 0.2) is 0 Å². The van der Waals surface area contributed by atoms with Crippen LogP contribution in [0.5, 0.6) is 0 Å². The Labute approximate surface area is 255 Å². The van der Waals surface area contributed by atoms with Crippen molar-refractivity contribution in [2.45, 2.75) is 189 Å². The van der Waals surface area contributed by atoms with Gasteiger partial charge in [0.25, 0.3) is 0 Å². The lowest BCUT2D eigenvalue weighted by molar-refractivity contribution is 0.123. The van der Waals surface area contributed by atoms with Crippen LogP contribution in [0.1, 0.15) is 182 Å². The molecule has 0 spiro atoms. The van der Waals surface area contributed by atoms with Crippen LogP contribution < -0.4 is 0 Å². The van der Waals surface area contributed by atoms with E-state index >= 15 is 0 Å². The van der Waals surface area contributed by atoms with Crippen molar-refractivity contribution in [3.8, 4) is 0 Å². The highest BCUT2D eigenvalue weighted by molar-refractivity contribution is 4.89. The first-order valence-corrected chi connectivity index (χ1v) is 18.5. The smallest absolute Gasteiger partial charge is 0.241 e. The van der Waals surface area contributed by atoms with Gasteiger partial charge in [-0.15, -0.1) is 0 Å². The third-order valence-electron chi connectivity index (χ3n) is 10.0. The van der Waals surface area contributed by atoms with Gasteiger partial charge >= 0.3 is 0 Å². The summed E-state index contributed by atoms with van der Waals surface area (Å²) in [7, 11) is 0. The van der Waals surface area contributed by atoms with Crippen LogP contribution in [-0.4, -0.2) is 13.1 Å². The summed E-state index contributed by atoms with van der Waals surface area (Å²) in [6.07, 6.45) is 30.2. The van der Waals surface area contributed by atoms with Gasteiger partial charge in [0.2, 0.25) is 6.43 Å². The molecule has 9 rings (SSSR count). The predicted molar refractivity (Wildman–Crippen MR) is 173 cm³/mol. The molecule has 9 saturated carbocycles. The van der Waals surface area contributed by atoms with Gasteiger partial charge in [-0.05, 0) is 105 Å².